The van der Waals surface area contributed by atoms with Gasteiger partial charge in [-0.3, -0.25) is 9.59 Å². The molecule has 2 aromatic rings. The van der Waals surface area contributed by atoms with Crippen LogP contribution in [0.2, 0.25) is 0 Å². The van der Waals surface area contributed by atoms with Gasteiger partial charge in [-0.05, 0) is 37.1 Å². The van der Waals surface area contributed by atoms with E-state index in [0.29, 0.717) is 5.56 Å². The SMILES string of the molecule is CCc1ncc(CN(CC(=O)O)C(=O)c2ccc(F)c(C)c2)s1. The van der Waals surface area contributed by atoms with E-state index in [1.807, 2.05) is 6.92 Å². The number of carbonyl (C=O) groups is 2. The molecule has 0 aliphatic rings. The summed E-state index contributed by atoms with van der Waals surface area (Å²) in [6.45, 7) is 3.28. The van der Waals surface area contributed by atoms with Crippen molar-refractivity contribution in [3.8, 4) is 0 Å². The smallest absolute Gasteiger partial charge is 0.323 e. The van der Waals surface area contributed by atoms with E-state index in [9.17, 15) is 14.0 Å². The van der Waals surface area contributed by atoms with Crippen molar-refractivity contribution in [1.29, 1.82) is 0 Å². The summed E-state index contributed by atoms with van der Waals surface area (Å²) in [6, 6.07) is 4.00. The Balaban J connectivity index is 2.24. The van der Waals surface area contributed by atoms with Crippen molar-refractivity contribution in [2.45, 2.75) is 26.8 Å². The number of carboxylic acids is 1. The van der Waals surface area contributed by atoms with Gasteiger partial charge in [0.1, 0.15) is 12.4 Å². The number of rotatable bonds is 6. The summed E-state index contributed by atoms with van der Waals surface area (Å²) >= 11 is 1.45. The number of aryl methyl sites for hydroxylation is 2. The molecule has 0 atom stereocenters. The Morgan fingerprint density at radius 2 is 2.13 bits per heavy atom. The molecule has 1 amide bonds. The normalized spacial score (nSPS) is 10.6. The highest BCUT2D eigenvalue weighted by molar-refractivity contribution is 7.11. The minimum absolute atomic E-state index is 0.166. The Bertz CT molecular complexity index is 730. The molecule has 1 aromatic carbocycles. The second kappa shape index (κ2) is 7.32. The average molecular weight is 336 g/mol. The number of carboxylic acid groups (broad SMARTS) is 1. The van der Waals surface area contributed by atoms with Gasteiger partial charge < -0.3 is 10.0 Å². The van der Waals surface area contributed by atoms with Crippen LogP contribution in [0, 0.1) is 12.7 Å². The van der Waals surface area contributed by atoms with Crippen LogP contribution in [-0.2, 0) is 17.8 Å². The number of aliphatic carboxylic acids is 1. The first kappa shape index (κ1) is 17.1. The van der Waals surface area contributed by atoms with Gasteiger partial charge in [0.25, 0.3) is 5.91 Å². The number of hydrogen-bond acceptors (Lipinski definition) is 4. The van der Waals surface area contributed by atoms with Crippen LogP contribution in [0.25, 0.3) is 0 Å². The fraction of sp³-hybridized carbons (Fsp3) is 0.312. The molecule has 5 nitrogen and oxygen atoms in total. The summed E-state index contributed by atoms with van der Waals surface area (Å²) in [5.41, 5.74) is 0.613. The third-order valence-corrected chi connectivity index (χ3v) is 4.40. The fourth-order valence-electron chi connectivity index (χ4n) is 2.10. The van der Waals surface area contributed by atoms with Crippen molar-refractivity contribution < 1.29 is 19.1 Å². The predicted octanol–water partition coefficient (Wildman–Crippen LogP) is 2.88. The van der Waals surface area contributed by atoms with Crippen LogP contribution >= 0.6 is 11.3 Å². The zero-order valence-electron chi connectivity index (χ0n) is 12.9. The molecule has 0 spiro atoms. The van der Waals surface area contributed by atoms with Gasteiger partial charge in [-0.25, -0.2) is 9.37 Å². The van der Waals surface area contributed by atoms with Crippen molar-refractivity contribution in [2.24, 2.45) is 0 Å². The van der Waals surface area contributed by atoms with Crippen molar-refractivity contribution in [1.82, 2.24) is 9.88 Å². The topological polar surface area (TPSA) is 70.5 Å². The molecule has 2 rings (SSSR count). The lowest BCUT2D eigenvalue weighted by molar-refractivity contribution is -0.137. The first-order valence-corrected chi connectivity index (χ1v) is 7.93. The molecule has 1 heterocycles. The van der Waals surface area contributed by atoms with Crippen LogP contribution in [0.4, 0.5) is 4.39 Å². The molecule has 0 unspecified atom stereocenters. The lowest BCUT2D eigenvalue weighted by atomic mass is 10.1. The van der Waals surface area contributed by atoms with Gasteiger partial charge in [0.2, 0.25) is 0 Å². The van der Waals surface area contributed by atoms with Gasteiger partial charge >= 0.3 is 5.97 Å². The summed E-state index contributed by atoms with van der Waals surface area (Å²) in [6.07, 6.45) is 2.44. The Hall–Kier alpha value is -2.28. The van der Waals surface area contributed by atoms with Gasteiger partial charge in [-0.1, -0.05) is 6.92 Å². The van der Waals surface area contributed by atoms with Crippen LogP contribution in [0.15, 0.2) is 24.4 Å². The summed E-state index contributed by atoms with van der Waals surface area (Å²) in [5, 5.41) is 9.97. The fourth-order valence-corrected chi connectivity index (χ4v) is 2.97. The van der Waals surface area contributed by atoms with E-state index in [1.165, 1.54) is 34.4 Å². The van der Waals surface area contributed by atoms with Crippen LogP contribution in [-0.4, -0.2) is 33.4 Å². The molecular weight excluding hydrogens is 319 g/mol. The second-order valence-corrected chi connectivity index (χ2v) is 6.29. The monoisotopic (exact) mass is 336 g/mol. The lowest BCUT2D eigenvalue weighted by Crippen LogP contribution is -2.35. The number of carbonyl (C=O) groups excluding carboxylic acids is 1. The molecule has 0 aliphatic carbocycles. The second-order valence-electron chi connectivity index (χ2n) is 5.09. The first-order valence-electron chi connectivity index (χ1n) is 7.11. The van der Waals surface area contributed by atoms with Crippen LogP contribution in [0.5, 0.6) is 0 Å². The molecule has 0 aliphatic heterocycles. The summed E-state index contributed by atoms with van der Waals surface area (Å²) in [4.78, 5) is 29.8. The molecule has 1 N–H and O–H groups in total. The third kappa shape index (κ3) is 4.35. The van der Waals surface area contributed by atoms with Crippen molar-refractivity contribution >= 4 is 23.2 Å². The van der Waals surface area contributed by atoms with E-state index in [4.69, 9.17) is 5.11 Å². The van der Waals surface area contributed by atoms with Gasteiger partial charge in [0.05, 0.1) is 11.6 Å². The van der Waals surface area contributed by atoms with Crippen LogP contribution in [0.1, 0.15) is 32.7 Å². The quantitative estimate of drug-likeness (QED) is 0.880. The van der Waals surface area contributed by atoms with Crippen LogP contribution in [0.3, 0.4) is 0 Å². The number of hydrogen-bond donors (Lipinski definition) is 1. The van der Waals surface area contributed by atoms with E-state index in [2.05, 4.69) is 4.98 Å². The molecule has 0 radical (unpaired) electrons. The molecule has 23 heavy (non-hydrogen) atoms. The highest BCUT2D eigenvalue weighted by Gasteiger charge is 2.20. The van der Waals surface area contributed by atoms with Gasteiger partial charge in [0.15, 0.2) is 0 Å². The third-order valence-electron chi connectivity index (χ3n) is 3.27. The standard InChI is InChI=1S/C16H17FN2O3S/c1-3-14-18-7-12(23-14)8-19(9-15(20)21)16(22)11-4-5-13(17)10(2)6-11/h4-7H,3,8-9H2,1-2H3,(H,20,21). The van der Waals surface area contributed by atoms with Crippen molar-refractivity contribution in [3.63, 3.8) is 0 Å². The molecule has 0 saturated heterocycles. The molecule has 7 heteroatoms. The molecule has 122 valence electrons. The Kier molecular flexibility index (Phi) is 5.44. The van der Waals surface area contributed by atoms with Crippen molar-refractivity contribution in [3.05, 3.63) is 51.2 Å². The number of benzene rings is 1. The number of halogens is 1. The van der Waals surface area contributed by atoms with E-state index < -0.39 is 24.2 Å². The highest BCUT2D eigenvalue weighted by Crippen LogP contribution is 2.18. The highest BCUT2D eigenvalue weighted by atomic mass is 32.1. The zero-order chi connectivity index (χ0) is 17.0. The maximum Gasteiger partial charge on any atom is 0.323 e. The molecule has 1 aromatic heterocycles. The minimum Gasteiger partial charge on any atom is -0.480 e. The maximum atomic E-state index is 13.3. The summed E-state index contributed by atoms with van der Waals surface area (Å²) < 4.78 is 13.3. The lowest BCUT2D eigenvalue weighted by Gasteiger charge is -2.20. The predicted molar refractivity (Wildman–Crippen MR) is 85.0 cm³/mol. The van der Waals surface area contributed by atoms with Crippen molar-refractivity contribution in [2.75, 3.05) is 6.54 Å². The minimum atomic E-state index is -1.10. The van der Waals surface area contributed by atoms with Gasteiger partial charge in [-0.15, -0.1) is 11.3 Å². The maximum absolute atomic E-state index is 13.3. The number of thiazole rings is 1. The summed E-state index contributed by atoms with van der Waals surface area (Å²) in [5.74, 6) is -1.94. The first-order chi connectivity index (χ1) is 10.9. The Morgan fingerprint density at radius 3 is 2.70 bits per heavy atom. The molecule has 0 saturated carbocycles. The Labute approximate surface area is 137 Å². The molecule has 0 fully saturated rings. The van der Waals surface area contributed by atoms with Gasteiger partial charge in [0, 0.05) is 16.6 Å². The van der Waals surface area contributed by atoms with Crippen LogP contribution < -0.4 is 0 Å². The van der Waals surface area contributed by atoms with Gasteiger partial charge in [-0.2, -0.15) is 0 Å². The average Bonchev–Trinajstić information content (AvgIpc) is 2.96. The Morgan fingerprint density at radius 1 is 1.39 bits per heavy atom. The number of aromatic nitrogens is 1. The largest absolute Gasteiger partial charge is 0.480 e. The summed E-state index contributed by atoms with van der Waals surface area (Å²) in [7, 11) is 0. The van der Waals surface area contributed by atoms with E-state index in [0.717, 1.165) is 16.3 Å². The number of amides is 1. The molecule has 0 bridgehead atoms. The molecular formula is C16H17FN2O3S. The van der Waals surface area contributed by atoms with E-state index >= 15 is 0 Å². The zero-order valence-corrected chi connectivity index (χ0v) is 13.7. The van der Waals surface area contributed by atoms with E-state index in [-0.39, 0.29) is 12.1 Å². The number of nitrogens with zero attached hydrogens (tertiary/aromatic N) is 2. The van der Waals surface area contributed by atoms with E-state index in [1.54, 1.807) is 13.1 Å².